The third-order valence-corrected chi connectivity index (χ3v) is 22.4. The van der Waals surface area contributed by atoms with Crippen LogP contribution in [0.2, 0.25) is 0 Å². The molecular formula is C76H66O5S6. The summed E-state index contributed by atoms with van der Waals surface area (Å²) in [5, 5.41) is 5.01. The molecular weight excluding hydrogens is 1190 g/mol. The van der Waals surface area contributed by atoms with Crippen molar-refractivity contribution in [2.75, 3.05) is 7.11 Å². The molecule has 0 fully saturated rings. The lowest BCUT2D eigenvalue weighted by Crippen LogP contribution is -2.02. The zero-order valence-corrected chi connectivity index (χ0v) is 54.9. The van der Waals surface area contributed by atoms with Crippen LogP contribution in [0.25, 0.3) is 32.3 Å². The minimum absolute atomic E-state index is 0.0694. The predicted octanol–water partition coefficient (Wildman–Crippen LogP) is 21.3. The average Bonchev–Trinajstić information content (AvgIpc) is 0.889. The molecule has 11 heteroatoms. The molecule has 1 aliphatic rings. The van der Waals surface area contributed by atoms with Gasteiger partial charge < -0.3 is 4.74 Å². The Morgan fingerprint density at radius 1 is 0.414 bits per heavy atom. The van der Waals surface area contributed by atoms with E-state index in [-0.39, 0.29) is 20.5 Å². The molecule has 5 nitrogen and oxygen atoms in total. The minimum Gasteiger partial charge on any atom is -0.497 e. The normalized spacial score (nSPS) is 13.1. The number of benzene rings is 10. The predicted molar refractivity (Wildman–Crippen MR) is 372 cm³/mol. The van der Waals surface area contributed by atoms with Crippen LogP contribution in [0.4, 0.5) is 0 Å². The van der Waals surface area contributed by atoms with Crippen LogP contribution in [0.1, 0.15) is 100 Å². The summed E-state index contributed by atoms with van der Waals surface area (Å²) < 4.78 is 5.51. The van der Waals surface area contributed by atoms with E-state index < -0.39 is 0 Å². The Kier molecular flexibility index (Phi) is 19.6. The van der Waals surface area contributed by atoms with Gasteiger partial charge in [0.15, 0.2) is 0 Å². The second-order valence-corrected chi connectivity index (χ2v) is 28.6. The SMILES string of the molecule is COc1ccc(CSc2cc3c4cc(SCc5ccc(CCc6c(C)cc(C)cc6C)cc5)c(SC(=O)c5ccc(C)cc5)cc4c4cc(SC(=O)C5=CCC(C)C=C5)c(SC(=O)c5ccc(C)cc5)cc4c3cc2SC(=O)c2ccc(C)cc2)cc1. The lowest BCUT2D eigenvalue weighted by atomic mass is 9.94. The number of carbonyl (C=O) groups is 4. The topological polar surface area (TPSA) is 77.5 Å². The van der Waals surface area contributed by atoms with Crippen LogP contribution in [0, 0.1) is 47.5 Å². The molecule has 1 unspecified atom stereocenters. The second-order valence-electron chi connectivity index (χ2n) is 22.5. The highest BCUT2D eigenvalue weighted by atomic mass is 32.2. The molecule has 10 aromatic rings. The number of ether oxygens (including phenoxy) is 1. The van der Waals surface area contributed by atoms with Crippen LogP contribution < -0.4 is 4.74 Å². The molecule has 0 aromatic heterocycles. The van der Waals surface area contributed by atoms with Gasteiger partial charge in [-0.15, -0.1) is 23.5 Å². The Hall–Kier alpha value is -6.96. The molecule has 0 saturated carbocycles. The van der Waals surface area contributed by atoms with Gasteiger partial charge in [0.2, 0.25) is 20.5 Å². The van der Waals surface area contributed by atoms with Crippen molar-refractivity contribution in [2.24, 2.45) is 5.92 Å². The van der Waals surface area contributed by atoms with Crippen molar-refractivity contribution < 1.29 is 23.9 Å². The molecule has 0 amide bonds. The van der Waals surface area contributed by atoms with Crippen molar-refractivity contribution in [3.8, 4) is 5.75 Å². The molecule has 0 spiro atoms. The zero-order chi connectivity index (χ0) is 60.9. The van der Waals surface area contributed by atoms with E-state index in [1.807, 2.05) is 118 Å². The molecule has 1 atom stereocenters. The minimum atomic E-state index is -0.145. The van der Waals surface area contributed by atoms with Crippen LogP contribution in [-0.2, 0) is 29.1 Å². The smallest absolute Gasteiger partial charge is 0.224 e. The van der Waals surface area contributed by atoms with Crippen LogP contribution in [0.5, 0.6) is 5.75 Å². The Morgan fingerprint density at radius 3 is 1.15 bits per heavy atom. The van der Waals surface area contributed by atoms with E-state index in [1.165, 1.54) is 56.9 Å². The van der Waals surface area contributed by atoms with Gasteiger partial charge in [0.25, 0.3) is 0 Å². The van der Waals surface area contributed by atoms with Crippen LogP contribution in [-0.4, -0.2) is 27.6 Å². The molecule has 10 aromatic carbocycles. The van der Waals surface area contributed by atoms with Crippen molar-refractivity contribution in [1.82, 2.24) is 0 Å². The molecule has 0 bridgehead atoms. The summed E-state index contributed by atoms with van der Waals surface area (Å²) in [6.45, 7) is 14.7. The van der Waals surface area contributed by atoms with Crippen molar-refractivity contribution in [1.29, 1.82) is 0 Å². The molecule has 1 aliphatic carbocycles. The summed E-state index contributed by atoms with van der Waals surface area (Å²) in [7, 11) is 1.66. The number of thioether (sulfide) groups is 6. The first-order valence-electron chi connectivity index (χ1n) is 29.1. The van der Waals surface area contributed by atoms with Crippen LogP contribution >= 0.6 is 70.6 Å². The summed E-state index contributed by atoms with van der Waals surface area (Å²) in [5.74, 6) is 2.38. The first kappa shape index (κ1) is 61.7. The van der Waals surface area contributed by atoms with Gasteiger partial charge in [-0.05, 0) is 228 Å². The number of rotatable bonds is 18. The van der Waals surface area contributed by atoms with Crippen molar-refractivity contribution in [3.63, 3.8) is 0 Å². The number of aryl methyl sites for hydroxylation is 7. The Bertz CT molecular complexity index is 4330. The number of methoxy groups -OCH3 is 1. The fraction of sp³-hybridized carbons (Fsp3) is 0.184. The number of carbonyl (C=O) groups excluding carboxylic acids is 4. The number of allylic oxidation sites excluding steroid dienone is 3. The monoisotopic (exact) mass is 1250 g/mol. The lowest BCUT2D eigenvalue weighted by Gasteiger charge is -2.19. The maximum atomic E-state index is 14.6. The number of hydrogen-bond donors (Lipinski definition) is 0. The van der Waals surface area contributed by atoms with Gasteiger partial charge in [-0.2, -0.15) is 0 Å². The summed E-state index contributed by atoms with van der Waals surface area (Å²) >= 11 is 8.09. The van der Waals surface area contributed by atoms with Gasteiger partial charge in [0, 0.05) is 63.1 Å². The molecule has 0 radical (unpaired) electrons. The second kappa shape index (κ2) is 27.6. The van der Waals surface area contributed by atoms with E-state index in [4.69, 9.17) is 4.74 Å². The van der Waals surface area contributed by atoms with E-state index in [0.717, 1.165) is 123 Å². The largest absolute Gasteiger partial charge is 0.497 e. The molecule has 0 aliphatic heterocycles. The Balaban J connectivity index is 1.10. The first-order chi connectivity index (χ1) is 42.0. The van der Waals surface area contributed by atoms with Gasteiger partial charge in [0.1, 0.15) is 5.75 Å². The van der Waals surface area contributed by atoms with Gasteiger partial charge in [-0.1, -0.05) is 169 Å². The zero-order valence-electron chi connectivity index (χ0n) is 50.0. The van der Waals surface area contributed by atoms with E-state index >= 15 is 0 Å². The molecule has 436 valence electrons. The summed E-state index contributed by atoms with van der Waals surface area (Å²) in [6.07, 6.45) is 8.67. The maximum Gasteiger partial charge on any atom is 0.224 e. The Labute approximate surface area is 536 Å². The summed E-state index contributed by atoms with van der Waals surface area (Å²) in [6, 6.07) is 57.5. The van der Waals surface area contributed by atoms with E-state index in [9.17, 15) is 19.2 Å². The van der Waals surface area contributed by atoms with Crippen LogP contribution in [0.3, 0.4) is 0 Å². The molecule has 0 heterocycles. The van der Waals surface area contributed by atoms with Crippen molar-refractivity contribution in [2.45, 2.75) is 109 Å². The highest BCUT2D eigenvalue weighted by molar-refractivity contribution is 8.17. The molecule has 0 N–H and O–H groups in total. The van der Waals surface area contributed by atoms with Gasteiger partial charge in [-0.3, -0.25) is 19.2 Å². The van der Waals surface area contributed by atoms with Gasteiger partial charge in [0.05, 0.1) is 7.11 Å². The maximum absolute atomic E-state index is 14.6. The highest BCUT2D eigenvalue weighted by Crippen LogP contribution is 2.49. The molecule has 11 rings (SSSR count). The first-order valence-corrected chi connectivity index (χ1v) is 34.3. The van der Waals surface area contributed by atoms with Gasteiger partial charge >= 0.3 is 0 Å². The molecule has 87 heavy (non-hydrogen) atoms. The molecule has 0 saturated heterocycles. The lowest BCUT2D eigenvalue weighted by molar-refractivity contribution is -0.107. The van der Waals surface area contributed by atoms with E-state index in [0.29, 0.717) is 49.5 Å². The fourth-order valence-corrected chi connectivity index (χ4v) is 16.7. The van der Waals surface area contributed by atoms with Crippen molar-refractivity contribution in [3.05, 3.63) is 266 Å². The quantitative estimate of drug-likeness (QED) is 0.0609. The Morgan fingerprint density at radius 2 is 0.770 bits per heavy atom. The highest BCUT2D eigenvalue weighted by Gasteiger charge is 2.25. The summed E-state index contributed by atoms with van der Waals surface area (Å²) in [5.41, 5.74) is 14.5. The third-order valence-electron chi connectivity index (χ3n) is 15.8. The number of fused-ring (bicyclic) bond motifs is 6. The van der Waals surface area contributed by atoms with E-state index in [1.54, 1.807) is 30.6 Å². The fourth-order valence-electron chi connectivity index (χ4n) is 10.9. The summed E-state index contributed by atoms with van der Waals surface area (Å²) in [4.78, 5) is 62.9. The van der Waals surface area contributed by atoms with Crippen LogP contribution in [0.15, 0.2) is 223 Å². The number of hydrogen-bond acceptors (Lipinski definition) is 11. The van der Waals surface area contributed by atoms with E-state index in [2.05, 4.69) is 119 Å². The average molecular weight is 1250 g/mol. The third kappa shape index (κ3) is 14.8. The standard InChI is InChI=1S/C76H66O5S6/c1-45-9-24-55(25-10-45)73(77)84-69-39-63-61(37-67(69)82-43-53-19-17-52(18-20-53)23-34-60-50(6)35-49(5)36-51(60)7)62-38-68(83-44-54-21-32-59(81-8)33-22-54)70(85-74(78)56-26-11-46(2)12-27-56)40-64(62)66-42-72(87-76(80)58-30-15-48(4)16-31-58)71(41-65(63)66)86-75(79)57-28-13-47(3)14-29-57/h9-13,15-22,24-33,35-42,47H,14,23,34,43-44H2,1-8H3. The van der Waals surface area contributed by atoms with Crippen molar-refractivity contribution >= 4 is 123 Å². The van der Waals surface area contributed by atoms with Gasteiger partial charge in [-0.25, -0.2) is 0 Å².